The molecule has 0 atom stereocenters. The highest BCUT2D eigenvalue weighted by Crippen LogP contribution is 2.41. The lowest BCUT2D eigenvalue weighted by molar-refractivity contribution is 0.300. The van der Waals surface area contributed by atoms with Crippen LogP contribution in [0.1, 0.15) is 5.56 Å². The topological polar surface area (TPSA) is 60.2 Å². The Morgan fingerprint density at radius 3 is 2.90 bits per heavy atom. The first-order valence-corrected chi connectivity index (χ1v) is 6.26. The standard InChI is InChI=1S/C15H11N3O2/c19-14-6-15-12(5-13(14)18-9-16-8-17-18)11-4-2-1-3-10(11)7-20-15/h1-6,8-9,19H,7H2. The summed E-state index contributed by atoms with van der Waals surface area (Å²) in [5, 5.41) is 14.2. The molecule has 0 amide bonds. The lowest BCUT2D eigenvalue weighted by Crippen LogP contribution is -2.06. The molecule has 1 N–H and O–H groups in total. The van der Waals surface area contributed by atoms with Crippen LogP contribution < -0.4 is 4.74 Å². The summed E-state index contributed by atoms with van der Waals surface area (Å²) in [6.45, 7) is 0.519. The van der Waals surface area contributed by atoms with Crippen LogP contribution >= 0.6 is 0 Å². The molecule has 2 aromatic carbocycles. The van der Waals surface area contributed by atoms with Gasteiger partial charge in [-0.25, -0.2) is 9.67 Å². The highest BCUT2D eigenvalue weighted by atomic mass is 16.5. The van der Waals surface area contributed by atoms with Gasteiger partial charge in [0.1, 0.15) is 36.4 Å². The van der Waals surface area contributed by atoms with Crippen LogP contribution in [-0.4, -0.2) is 19.9 Å². The van der Waals surface area contributed by atoms with Crippen LogP contribution in [0.2, 0.25) is 0 Å². The third-order valence-corrected chi connectivity index (χ3v) is 3.43. The Labute approximate surface area is 115 Å². The molecule has 1 aliphatic heterocycles. The second kappa shape index (κ2) is 4.09. The maximum atomic E-state index is 10.1. The number of ether oxygens (including phenoxy) is 1. The molecule has 20 heavy (non-hydrogen) atoms. The molecule has 4 rings (SSSR count). The fourth-order valence-corrected chi connectivity index (χ4v) is 2.47. The van der Waals surface area contributed by atoms with Crippen LogP contribution in [0.15, 0.2) is 49.1 Å². The summed E-state index contributed by atoms with van der Waals surface area (Å²) in [7, 11) is 0. The molecule has 3 aromatic rings. The minimum absolute atomic E-state index is 0.119. The number of hydrogen-bond acceptors (Lipinski definition) is 4. The first-order valence-electron chi connectivity index (χ1n) is 6.26. The maximum Gasteiger partial charge on any atom is 0.145 e. The van der Waals surface area contributed by atoms with Crippen LogP contribution in [-0.2, 0) is 6.61 Å². The molecule has 0 bridgehead atoms. The molecule has 0 saturated heterocycles. The molecule has 0 unspecified atom stereocenters. The molecule has 0 saturated carbocycles. The molecule has 0 spiro atoms. The Morgan fingerprint density at radius 1 is 1.15 bits per heavy atom. The summed E-state index contributed by atoms with van der Waals surface area (Å²) in [4.78, 5) is 3.91. The van der Waals surface area contributed by atoms with Gasteiger partial charge in [0, 0.05) is 11.6 Å². The zero-order valence-corrected chi connectivity index (χ0v) is 10.5. The van der Waals surface area contributed by atoms with Crippen molar-refractivity contribution in [2.45, 2.75) is 6.61 Å². The Balaban J connectivity index is 1.96. The van der Waals surface area contributed by atoms with Gasteiger partial charge < -0.3 is 9.84 Å². The van der Waals surface area contributed by atoms with E-state index in [9.17, 15) is 5.11 Å². The summed E-state index contributed by atoms with van der Waals surface area (Å²) in [6.07, 6.45) is 2.99. The number of phenolic OH excluding ortho intramolecular Hbond substituents is 1. The van der Waals surface area contributed by atoms with Gasteiger partial charge in [-0.05, 0) is 17.2 Å². The van der Waals surface area contributed by atoms with E-state index in [2.05, 4.69) is 16.1 Å². The third kappa shape index (κ3) is 1.56. The van der Waals surface area contributed by atoms with Gasteiger partial charge in [0.2, 0.25) is 0 Å². The normalized spacial score (nSPS) is 12.4. The second-order valence-electron chi connectivity index (χ2n) is 4.62. The number of aromatic nitrogens is 3. The van der Waals surface area contributed by atoms with Crippen LogP contribution in [0, 0.1) is 0 Å². The number of rotatable bonds is 1. The lowest BCUT2D eigenvalue weighted by Gasteiger charge is -2.21. The SMILES string of the molecule is Oc1cc2c(cc1-n1cncn1)-c1ccccc1CO2. The summed E-state index contributed by atoms with van der Waals surface area (Å²) in [5.74, 6) is 0.804. The van der Waals surface area contributed by atoms with Gasteiger partial charge in [-0.3, -0.25) is 0 Å². The number of aromatic hydroxyl groups is 1. The Kier molecular flexibility index (Phi) is 2.26. The number of fused-ring (bicyclic) bond motifs is 3. The molecule has 98 valence electrons. The molecule has 5 heteroatoms. The minimum atomic E-state index is 0.119. The van der Waals surface area contributed by atoms with E-state index >= 15 is 0 Å². The molecule has 0 aliphatic carbocycles. The Morgan fingerprint density at radius 2 is 2.05 bits per heavy atom. The average molecular weight is 265 g/mol. The van der Waals surface area contributed by atoms with Crippen LogP contribution in [0.25, 0.3) is 16.8 Å². The van der Waals surface area contributed by atoms with E-state index in [-0.39, 0.29) is 5.75 Å². The third-order valence-electron chi connectivity index (χ3n) is 3.43. The number of benzene rings is 2. The van der Waals surface area contributed by atoms with Crippen molar-refractivity contribution in [1.29, 1.82) is 0 Å². The van der Waals surface area contributed by atoms with Crippen molar-refractivity contribution in [3.05, 3.63) is 54.6 Å². The second-order valence-corrected chi connectivity index (χ2v) is 4.62. The molecular formula is C15H11N3O2. The summed E-state index contributed by atoms with van der Waals surface area (Å²) in [6, 6.07) is 11.6. The van der Waals surface area contributed by atoms with E-state index in [4.69, 9.17) is 4.74 Å². The van der Waals surface area contributed by atoms with Gasteiger partial charge >= 0.3 is 0 Å². The van der Waals surface area contributed by atoms with E-state index in [1.54, 1.807) is 12.4 Å². The van der Waals surface area contributed by atoms with Gasteiger partial charge in [-0.2, -0.15) is 5.10 Å². The van der Waals surface area contributed by atoms with E-state index in [1.165, 1.54) is 11.0 Å². The summed E-state index contributed by atoms with van der Waals surface area (Å²) in [5.41, 5.74) is 3.79. The zero-order valence-electron chi connectivity index (χ0n) is 10.5. The number of phenols is 1. The first-order chi connectivity index (χ1) is 9.83. The predicted octanol–water partition coefficient (Wildman–Crippen LogP) is 2.53. The quantitative estimate of drug-likeness (QED) is 0.734. The van der Waals surface area contributed by atoms with E-state index in [1.807, 2.05) is 24.3 Å². The predicted molar refractivity (Wildman–Crippen MR) is 72.8 cm³/mol. The van der Waals surface area contributed by atoms with E-state index in [0.717, 1.165) is 16.7 Å². The van der Waals surface area contributed by atoms with Crippen molar-refractivity contribution in [2.75, 3.05) is 0 Å². The molecule has 2 heterocycles. The van der Waals surface area contributed by atoms with Crippen molar-refractivity contribution >= 4 is 0 Å². The largest absolute Gasteiger partial charge is 0.506 e. The minimum Gasteiger partial charge on any atom is -0.506 e. The van der Waals surface area contributed by atoms with Crippen LogP contribution in [0.4, 0.5) is 0 Å². The first kappa shape index (κ1) is 11.0. The summed E-state index contributed by atoms with van der Waals surface area (Å²) < 4.78 is 7.23. The fraction of sp³-hybridized carbons (Fsp3) is 0.0667. The lowest BCUT2D eigenvalue weighted by atomic mass is 9.96. The van der Waals surface area contributed by atoms with E-state index < -0.39 is 0 Å². The summed E-state index contributed by atoms with van der Waals surface area (Å²) >= 11 is 0. The Hall–Kier alpha value is -2.82. The van der Waals surface area contributed by atoms with Crippen molar-refractivity contribution in [3.63, 3.8) is 0 Å². The highest BCUT2D eigenvalue weighted by molar-refractivity contribution is 5.78. The molecule has 0 fully saturated rings. The maximum absolute atomic E-state index is 10.1. The average Bonchev–Trinajstić information content (AvgIpc) is 3.00. The van der Waals surface area contributed by atoms with Crippen molar-refractivity contribution in [3.8, 4) is 28.3 Å². The monoisotopic (exact) mass is 265 g/mol. The molecule has 5 nitrogen and oxygen atoms in total. The van der Waals surface area contributed by atoms with Crippen molar-refractivity contribution < 1.29 is 9.84 Å². The van der Waals surface area contributed by atoms with E-state index in [0.29, 0.717) is 18.0 Å². The molecule has 0 radical (unpaired) electrons. The van der Waals surface area contributed by atoms with Crippen LogP contribution in [0.3, 0.4) is 0 Å². The zero-order chi connectivity index (χ0) is 13.5. The number of nitrogens with zero attached hydrogens (tertiary/aromatic N) is 3. The van der Waals surface area contributed by atoms with Crippen molar-refractivity contribution in [1.82, 2.24) is 14.8 Å². The van der Waals surface area contributed by atoms with Crippen LogP contribution in [0.5, 0.6) is 11.5 Å². The van der Waals surface area contributed by atoms with Gasteiger partial charge in [0.05, 0.1) is 0 Å². The Bertz CT molecular complexity index is 782. The van der Waals surface area contributed by atoms with Gasteiger partial charge in [-0.15, -0.1) is 0 Å². The number of hydrogen-bond donors (Lipinski definition) is 1. The highest BCUT2D eigenvalue weighted by Gasteiger charge is 2.20. The molecule has 1 aromatic heterocycles. The van der Waals surface area contributed by atoms with Gasteiger partial charge in [-0.1, -0.05) is 24.3 Å². The van der Waals surface area contributed by atoms with Gasteiger partial charge in [0.15, 0.2) is 0 Å². The molecule has 1 aliphatic rings. The van der Waals surface area contributed by atoms with Gasteiger partial charge in [0.25, 0.3) is 0 Å². The smallest absolute Gasteiger partial charge is 0.145 e. The molecular weight excluding hydrogens is 254 g/mol. The fourth-order valence-electron chi connectivity index (χ4n) is 2.47. The van der Waals surface area contributed by atoms with Crippen molar-refractivity contribution in [2.24, 2.45) is 0 Å².